The highest BCUT2D eigenvalue weighted by molar-refractivity contribution is 6.20. The van der Waals surface area contributed by atoms with Gasteiger partial charge in [0, 0.05) is 32.1 Å². The number of barbiturate groups is 1. The minimum Gasteiger partial charge on any atom is -0.396 e. The Hall–Kier alpha value is -3.38. The fourth-order valence-electron chi connectivity index (χ4n) is 5.26. The van der Waals surface area contributed by atoms with Gasteiger partial charge in [0.25, 0.3) is 0 Å². The highest BCUT2D eigenvalue weighted by Gasteiger charge is 2.63. The summed E-state index contributed by atoms with van der Waals surface area (Å²) in [7, 11) is 0. The van der Waals surface area contributed by atoms with E-state index < -0.39 is 47.3 Å². The third kappa shape index (κ3) is 3.20. The lowest BCUT2D eigenvalue weighted by atomic mass is 9.66. The molecule has 1 aromatic heterocycles. The van der Waals surface area contributed by atoms with E-state index in [9.17, 15) is 19.5 Å². The van der Waals surface area contributed by atoms with Crippen LogP contribution < -0.4 is 15.5 Å². The van der Waals surface area contributed by atoms with Gasteiger partial charge >= 0.3 is 6.03 Å². The van der Waals surface area contributed by atoms with Crippen molar-refractivity contribution >= 4 is 23.5 Å². The van der Waals surface area contributed by atoms with Crippen molar-refractivity contribution in [1.82, 2.24) is 20.8 Å². The summed E-state index contributed by atoms with van der Waals surface area (Å²) in [6.45, 7) is 3.31. The first kappa shape index (κ1) is 21.5. The van der Waals surface area contributed by atoms with Crippen LogP contribution in [0.5, 0.6) is 0 Å². The summed E-state index contributed by atoms with van der Waals surface area (Å²) in [6, 6.07) is 1.13. The van der Waals surface area contributed by atoms with Gasteiger partial charge in [-0.25, -0.2) is 9.18 Å². The molecule has 3 N–H and O–H groups in total. The minimum absolute atomic E-state index is 0.137. The lowest BCUT2D eigenvalue weighted by Crippen LogP contribution is -2.75. The summed E-state index contributed by atoms with van der Waals surface area (Å²) in [5, 5.41) is 17.6. The molecule has 33 heavy (non-hydrogen) atoms. The molecular formula is C21H22FN5O6. The molecule has 0 aliphatic carbocycles. The average molecular weight is 459 g/mol. The number of hydrogen-bond donors (Lipinski definition) is 3. The zero-order chi connectivity index (χ0) is 23.5. The van der Waals surface area contributed by atoms with E-state index >= 15 is 4.39 Å². The van der Waals surface area contributed by atoms with E-state index in [1.54, 1.807) is 24.8 Å². The van der Waals surface area contributed by atoms with Crippen molar-refractivity contribution in [1.29, 1.82) is 0 Å². The highest BCUT2D eigenvalue weighted by Crippen LogP contribution is 2.48. The Morgan fingerprint density at radius 1 is 1.27 bits per heavy atom. The lowest BCUT2D eigenvalue weighted by molar-refractivity contribution is -0.154. The Morgan fingerprint density at radius 3 is 2.64 bits per heavy atom. The van der Waals surface area contributed by atoms with Gasteiger partial charge in [0.05, 0.1) is 23.9 Å². The topological polar surface area (TPSA) is 147 Å². The summed E-state index contributed by atoms with van der Waals surface area (Å²) in [6.07, 6.45) is -0.977. The molecule has 2 saturated heterocycles. The van der Waals surface area contributed by atoms with Crippen LogP contribution in [0.25, 0.3) is 11.4 Å². The number of morpholine rings is 1. The maximum atomic E-state index is 15.6. The van der Waals surface area contributed by atoms with Gasteiger partial charge in [-0.15, -0.1) is 0 Å². The molecule has 0 unspecified atom stereocenters. The van der Waals surface area contributed by atoms with E-state index in [4.69, 9.17) is 9.26 Å². The van der Waals surface area contributed by atoms with E-state index in [0.29, 0.717) is 23.4 Å². The number of nitrogens with zero attached hydrogens (tertiary/aromatic N) is 3. The molecule has 12 heteroatoms. The maximum absolute atomic E-state index is 15.6. The Bertz CT molecular complexity index is 1150. The number of nitrogens with one attached hydrogen (secondary N) is 2. The van der Waals surface area contributed by atoms with Crippen LogP contribution in [-0.4, -0.2) is 64.5 Å². The second-order valence-corrected chi connectivity index (χ2v) is 8.56. The number of ether oxygens (including phenoxy) is 1. The third-order valence-corrected chi connectivity index (χ3v) is 6.49. The number of hydrogen-bond acceptors (Lipinski definition) is 9. The number of anilines is 1. The maximum Gasteiger partial charge on any atom is 0.328 e. The predicted octanol–water partition coefficient (Wildman–Crippen LogP) is 0.437. The molecule has 2 fully saturated rings. The molecule has 0 saturated carbocycles. The van der Waals surface area contributed by atoms with Crippen molar-refractivity contribution < 1.29 is 33.1 Å². The van der Waals surface area contributed by atoms with Gasteiger partial charge in [-0.3, -0.25) is 20.2 Å². The summed E-state index contributed by atoms with van der Waals surface area (Å²) in [4.78, 5) is 44.0. The van der Waals surface area contributed by atoms with Gasteiger partial charge in [-0.2, -0.15) is 4.98 Å². The van der Waals surface area contributed by atoms with E-state index in [1.807, 2.05) is 0 Å². The van der Waals surface area contributed by atoms with Gasteiger partial charge < -0.3 is 19.3 Å². The Morgan fingerprint density at radius 2 is 2.00 bits per heavy atom. The number of fused-ring (bicyclic) bond motifs is 4. The van der Waals surface area contributed by atoms with Gasteiger partial charge in [-0.1, -0.05) is 5.16 Å². The molecule has 4 amide bonds. The number of carbonyl (C=O) groups excluding carboxylic acids is 3. The quantitative estimate of drug-likeness (QED) is 0.556. The van der Waals surface area contributed by atoms with Crippen LogP contribution in [0, 0.1) is 18.2 Å². The first-order chi connectivity index (χ1) is 15.7. The molecule has 174 valence electrons. The standard InChI is InChI=1S/C21H22FN5O6/c1-9-16-21(18(29)24-20(31)25-19(21)30)7-12-5-11(17-23-10(2)33-26-17)6-14(22)15(12)27(16)8-13(32-9)3-4-28/h5-6,9,13,16,28H,3-4,7-8H2,1-2H3,(H2,24,25,29,30,31)/t9-,13+,16+/m0/s1. The molecule has 1 aromatic carbocycles. The van der Waals surface area contributed by atoms with Crippen molar-refractivity contribution in [3.8, 4) is 11.4 Å². The van der Waals surface area contributed by atoms with Crippen molar-refractivity contribution in [3.05, 3.63) is 29.4 Å². The van der Waals surface area contributed by atoms with E-state index in [-0.39, 0.29) is 31.1 Å². The Kier molecular flexibility index (Phi) is 4.94. The van der Waals surface area contributed by atoms with Gasteiger partial charge in [0.1, 0.15) is 5.82 Å². The van der Waals surface area contributed by atoms with Gasteiger partial charge in [0.15, 0.2) is 5.41 Å². The second kappa shape index (κ2) is 7.59. The minimum atomic E-state index is -1.73. The molecule has 4 heterocycles. The van der Waals surface area contributed by atoms with Crippen LogP contribution in [0.15, 0.2) is 16.7 Å². The number of aliphatic hydroxyl groups is 1. The van der Waals surface area contributed by atoms with Crippen molar-refractivity contribution in [2.75, 3.05) is 18.1 Å². The molecule has 1 spiro atoms. The number of amides is 4. The Balaban J connectivity index is 1.69. The van der Waals surface area contributed by atoms with Crippen LogP contribution in [0.3, 0.4) is 0 Å². The van der Waals surface area contributed by atoms with Crippen LogP contribution >= 0.6 is 0 Å². The lowest BCUT2D eigenvalue weighted by Gasteiger charge is -2.55. The molecule has 3 aliphatic rings. The second-order valence-electron chi connectivity index (χ2n) is 8.56. The number of aliphatic hydroxyl groups excluding tert-OH is 1. The number of halogens is 1. The van der Waals surface area contributed by atoms with E-state index in [0.717, 1.165) is 0 Å². The first-order valence-electron chi connectivity index (χ1n) is 10.6. The molecule has 0 bridgehead atoms. The van der Waals surface area contributed by atoms with Crippen molar-refractivity contribution in [3.63, 3.8) is 0 Å². The average Bonchev–Trinajstić information content (AvgIpc) is 3.17. The zero-order valence-electron chi connectivity index (χ0n) is 17.9. The van der Waals surface area contributed by atoms with Crippen molar-refractivity contribution in [2.45, 2.75) is 44.9 Å². The molecule has 3 atom stereocenters. The number of aryl methyl sites for hydroxylation is 1. The zero-order valence-corrected chi connectivity index (χ0v) is 17.9. The third-order valence-electron chi connectivity index (χ3n) is 6.49. The molecular weight excluding hydrogens is 437 g/mol. The summed E-state index contributed by atoms with van der Waals surface area (Å²) in [5.74, 6) is -1.64. The molecule has 2 aromatic rings. The number of carbonyl (C=O) groups is 3. The summed E-state index contributed by atoms with van der Waals surface area (Å²) in [5.41, 5.74) is -0.772. The van der Waals surface area contributed by atoms with Crippen LogP contribution in [-0.2, 0) is 20.7 Å². The van der Waals surface area contributed by atoms with Crippen LogP contribution in [0.4, 0.5) is 14.9 Å². The SMILES string of the molecule is Cc1nc(-c2cc(F)c3c(c2)CC2(C(=O)NC(=O)NC2=O)[C@H]2[C@H](C)O[C@H](CCO)CN32)no1. The smallest absolute Gasteiger partial charge is 0.328 e. The molecule has 11 nitrogen and oxygen atoms in total. The summed E-state index contributed by atoms with van der Waals surface area (Å²) >= 11 is 0. The van der Waals surface area contributed by atoms with Crippen LogP contribution in [0.2, 0.25) is 0 Å². The van der Waals surface area contributed by atoms with E-state index in [2.05, 4.69) is 20.8 Å². The normalized spacial score (nSPS) is 26.0. The molecule has 5 rings (SSSR count). The molecule has 0 radical (unpaired) electrons. The first-order valence-corrected chi connectivity index (χ1v) is 10.6. The Labute approximate surface area is 187 Å². The number of urea groups is 1. The fraction of sp³-hybridized carbons (Fsp3) is 0.476. The monoisotopic (exact) mass is 459 g/mol. The predicted molar refractivity (Wildman–Crippen MR) is 109 cm³/mol. The van der Waals surface area contributed by atoms with Crippen molar-refractivity contribution in [2.24, 2.45) is 5.41 Å². The van der Waals surface area contributed by atoms with Crippen LogP contribution in [0.1, 0.15) is 24.8 Å². The highest BCUT2D eigenvalue weighted by atomic mass is 19.1. The number of aromatic nitrogens is 2. The van der Waals surface area contributed by atoms with Gasteiger partial charge in [-0.05, 0) is 31.0 Å². The molecule has 3 aliphatic heterocycles. The summed E-state index contributed by atoms with van der Waals surface area (Å²) < 4.78 is 26.6. The number of benzene rings is 1. The fourth-order valence-corrected chi connectivity index (χ4v) is 5.26. The van der Waals surface area contributed by atoms with E-state index in [1.165, 1.54) is 6.07 Å². The largest absolute Gasteiger partial charge is 0.396 e. The number of imide groups is 2. The number of rotatable bonds is 3. The van der Waals surface area contributed by atoms with Gasteiger partial charge in [0.2, 0.25) is 23.5 Å².